The van der Waals surface area contributed by atoms with Crippen molar-refractivity contribution in [2.24, 2.45) is 0 Å². The van der Waals surface area contributed by atoms with E-state index in [1.54, 1.807) is 12.1 Å². The van der Waals surface area contributed by atoms with Crippen LogP contribution in [0.1, 0.15) is 42.4 Å². The molecule has 0 saturated heterocycles. The first-order chi connectivity index (χ1) is 12.2. The van der Waals surface area contributed by atoms with Crippen LogP contribution in [0.2, 0.25) is 0 Å². The fraction of sp³-hybridized carbons (Fsp3) is 0.182. The van der Waals surface area contributed by atoms with Crippen molar-refractivity contribution in [2.75, 3.05) is 0 Å². The summed E-state index contributed by atoms with van der Waals surface area (Å²) in [5.74, 6) is 0.153. The van der Waals surface area contributed by atoms with Crippen molar-refractivity contribution >= 4 is 40.5 Å². The zero-order chi connectivity index (χ0) is 17.6. The van der Waals surface area contributed by atoms with Gasteiger partial charge in [-0.3, -0.25) is 4.79 Å². The maximum atomic E-state index is 13.0. The number of benzene rings is 2. The van der Waals surface area contributed by atoms with Crippen LogP contribution in [0.25, 0.3) is 12.2 Å². The van der Waals surface area contributed by atoms with E-state index in [-0.39, 0.29) is 5.78 Å². The molecule has 2 nitrogen and oxygen atoms in total. The summed E-state index contributed by atoms with van der Waals surface area (Å²) < 4.78 is 1.19. The minimum atomic E-state index is 0.153. The van der Waals surface area contributed by atoms with Gasteiger partial charge >= 0.3 is 0 Å². The minimum Gasteiger partial charge on any atom is -0.289 e. The maximum Gasteiger partial charge on any atom is 0.185 e. The molecule has 3 heteroatoms. The average Bonchev–Trinajstić information content (AvgIpc) is 2.80. The van der Waals surface area contributed by atoms with Crippen molar-refractivity contribution < 1.29 is 4.79 Å². The molecule has 3 rings (SSSR count). The average molecular weight is 439 g/mol. The second kappa shape index (κ2) is 8.26. The number of ketones is 1. The molecule has 0 radical (unpaired) electrons. The monoisotopic (exact) mass is 439 g/mol. The Kier molecular flexibility index (Phi) is 5.83. The van der Waals surface area contributed by atoms with Gasteiger partial charge in [-0.2, -0.15) is 5.26 Å². The molecular formula is C22H18INO. The molecule has 0 spiro atoms. The van der Waals surface area contributed by atoms with Gasteiger partial charge in [-0.15, -0.1) is 0 Å². The fourth-order valence-electron chi connectivity index (χ4n) is 2.95. The Morgan fingerprint density at radius 2 is 1.32 bits per heavy atom. The lowest BCUT2D eigenvalue weighted by atomic mass is 9.98. The van der Waals surface area contributed by atoms with E-state index in [2.05, 4.69) is 52.9 Å². The van der Waals surface area contributed by atoms with Gasteiger partial charge < -0.3 is 0 Å². The third-order valence-corrected chi connectivity index (χ3v) is 5.04. The summed E-state index contributed by atoms with van der Waals surface area (Å²) in [6.07, 6.45) is 7.69. The topological polar surface area (TPSA) is 40.9 Å². The van der Waals surface area contributed by atoms with Crippen LogP contribution in [0.4, 0.5) is 0 Å². The Morgan fingerprint density at radius 3 is 1.80 bits per heavy atom. The highest BCUT2D eigenvalue weighted by Crippen LogP contribution is 2.27. The quantitative estimate of drug-likeness (QED) is 0.339. The van der Waals surface area contributed by atoms with Gasteiger partial charge in [0.05, 0.1) is 11.6 Å². The van der Waals surface area contributed by atoms with Crippen LogP contribution in [0.15, 0.2) is 59.7 Å². The number of nitriles is 1. The van der Waals surface area contributed by atoms with E-state index in [0.717, 1.165) is 48.0 Å². The molecule has 1 aliphatic rings. The van der Waals surface area contributed by atoms with Crippen LogP contribution in [0, 0.1) is 14.9 Å². The van der Waals surface area contributed by atoms with E-state index in [0.29, 0.717) is 5.56 Å². The first kappa shape index (κ1) is 17.6. The molecular weight excluding hydrogens is 421 g/mol. The Morgan fingerprint density at radius 1 is 0.840 bits per heavy atom. The summed E-state index contributed by atoms with van der Waals surface area (Å²) in [5.41, 5.74) is 4.42. The smallest absolute Gasteiger partial charge is 0.185 e. The molecule has 0 aromatic heterocycles. The lowest BCUT2D eigenvalue weighted by Gasteiger charge is -2.06. The Labute approximate surface area is 162 Å². The van der Waals surface area contributed by atoms with Crippen LogP contribution < -0.4 is 0 Å². The maximum absolute atomic E-state index is 13.0. The SMILES string of the molecule is N#Cc1ccc(/C=C2\CCCC/C(=C\c3ccc(I)cc3)C2=O)cc1. The Bertz CT molecular complexity index is 868. The molecule has 0 unspecified atom stereocenters. The largest absolute Gasteiger partial charge is 0.289 e. The van der Waals surface area contributed by atoms with Crippen molar-refractivity contribution in [3.8, 4) is 6.07 Å². The molecule has 0 aliphatic heterocycles. The third-order valence-electron chi connectivity index (χ3n) is 4.32. The van der Waals surface area contributed by atoms with Gasteiger partial charge in [0.1, 0.15) is 0 Å². The van der Waals surface area contributed by atoms with E-state index >= 15 is 0 Å². The lowest BCUT2D eigenvalue weighted by molar-refractivity contribution is -0.112. The molecule has 1 fully saturated rings. The molecule has 2 aromatic carbocycles. The second-order valence-corrected chi connectivity index (χ2v) is 7.41. The van der Waals surface area contributed by atoms with Gasteiger partial charge in [0, 0.05) is 14.7 Å². The van der Waals surface area contributed by atoms with Gasteiger partial charge in [-0.05, 0) is 95.8 Å². The first-order valence-electron chi connectivity index (χ1n) is 8.37. The number of hydrogen-bond donors (Lipinski definition) is 0. The summed E-state index contributed by atoms with van der Waals surface area (Å²) in [5, 5.41) is 8.89. The highest BCUT2D eigenvalue weighted by atomic mass is 127. The van der Waals surface area contributed by atoms with Crippen LogP contribution >= 0.6 is 22.6 Å². The van der Waals surface area contributed by atoms with Crippen molar-refractivity contribution in [1.82, 2.24) is 0 Å². The van der Waals surface area contributed by atoms with Crippen LogP contribution in [-0.4, -0.2) is 5.78 Å². The molecule has 2 aromatic rings. The van der Waals surface area contributed by atoms with E-state index in [9.17, 15) is 4.79 Å². The predicted octanol–water partition coefficient (Wildman–Crippen LogP) is 5.77. The van der Waals surface area contributed by atoms with Crippen molar-refractivity contribution in [3.05, 3.63) is 79.9 Å². The van der Waals surface area contributed by atoms with Crippen LogP contribution in [0.3, 0.4) is 0 Å². The summed E-state index contributed by atoms with van der Waals surface area (Å²) in [6.45, 7) is 0. The Balaban J connectivity index is 1.89. The molecule has 0 heterocycles. The van der Waals surface area contributed by atoms with Gasteiger partial charge in [0.25, 0.3) is 0 Å². The number of rotatable bonds is 2. The summed E-state index contributed by atoms with van der Waals surface area (Å²) >= 11 is 2.28. The molecule has 0 bridgehead atoms. The second-order valence-electron chi connectivity index (χ2n) is 6.16. The molecule has 0 amide bonds. The summed E-state index contributed by atoms with van der Waals surface area (Å²) in [6, 6.07) is 17.7. The first-order valence-corrected chi connectivity index (χ1v) is 9.45. The van der Waals surface area contributed by atoms with Crippen molar-refractivity contribution in [1.29, 1.82) is 5.26 Å². The lowest BCUT2D eigenvalue weighted by Crippen LogP contribution is -2.04. The van der Waals surface area contributed by atoms with Crippen LogP contribution in [-0.2, 0) is 4.79 Å². The number of Topliss-reactive ketones (excluding diaryl/α,β-unsaturated/α-hetero) is 1. The zero-order valence-electron chi connectivity index (χ0n) is 13.8. The molecule has 1 aliphatic carbocycles. The summed E-state index contributed by atoms with van der Waals surface area (Å²) in [7, 11) is 0. The van der Waals surface area contributed by atoms with E-state index in [1.165, 1.54) is 3.57 Å². The summed E-state index contributed by atoms with van der Waals surface area (Å²) in [4.78, 5) is 13.0. The van der Waals surface area contributed by atoms with Crippen LogP contribution in [0.5, 0.6) is 0 Å². The highest BCUT2D eigenvalue weighted by Gasteiger charge is 2.18. The zero-order valence-corrected chi connectivity index (χ0v) is 16.0. The predicted molar refractivity (Wildman–Crippen MR) is 110 cm³/mol. The molecule has 124 valence electrons. The number of nitrogens with zero attached hydrogens (tertiary/aromatic N) is 1. The number of allylic oxidation sites excluding steroid dienone is 2. The van der Waals surface area contributed by atoms with E-state index in [1.807, 2.05) is 24.3 Å². The van der Waals surface area contributed by atoms with Gasteiger partial charge in [-0.1, -0.05) is 24.3 Å². The number of hydrogen-bond acceptors (Lipinski definition) is 2. The molecule has 25 heavy (non-hydrogen) atoms. The standard InChI is InChI=1S/C22H18INO/c23-21-11-9-17(10-12-21)14-20-4-2-1-3-19(22(20)25)13-16-5-7-18(15-24)8-6-16/h5-14H,1-4H2/b19-13+,20-14+. The van der Waals surface area contributed by atoms with E-state index < -0.39 is 0 Å². The number of halogens is 1. The van der Waals surface area contributed by atoms with Crippen molar-refractivity contribution in [3.63, 3.8) is 0 Å². The fourth-order valence-corrected chi connectivity index (χ4v) is 3.31. The number of carbonyl (C=O) groups excluding carboxylic acids is 1. The number of carbonyl (C=O) groups is 1. The third kappa shape index (κ3) is 4.67. The van der Waals surface area contributed by atoms with Crippen molar-refractivity contribution in [2.45, 2.75) is 25.7 Å². The molecule has 0 N–H and O–H groups in total. The molecule has 1 saturated carbocycles. The van der Waals surface area contributed by atoms with Gasteiger partial charge in [0.2, 0.25) is 0 Å². The van der Waals surface area contributed by atoms with E-state index in [4.69, 9.17) is 5.26 Å². The highest BCUT2D eigenvalue weighted by molar-refractivity contribution is 14.1. The minimum absolute atomic E-state index is 0.153. The molecule has 0 atom stereocenters. The normalized spacial score (nSPS) is 18.2. The van der Waals surface area contributed by atoms with Gasteiger partial charge in [0.15, 0.2) is 5.78 Å². The van der Waals surface area contributed by atoms with Gasteiger partial charge in [-0.25, -0.2) is 0 Å². The Hall–Kier alpha value is -2.19.